The zero-order valence-electron chi connectivity index (χ0n) is 15.4. The van der Waals surface area contributed by atoms with Gasteiger partial charge in [-0.25, -0.2) is 9.18 Å². The van der Waals surface area contributed by atoms with Crippen LogP contribution in [0.4, 0.5) is 14.9 Å². The van der Waals surface area contributed by atoms with Gasteiger partial charge in [0.05, 0.1) is 17.1 Å². The molecule has 1 aliphatic rings. The first-order valence-electron chi connectivity index (χ1n) is 8.54. The lowest BCUT2D eigenvalue weighted by atomic mass is 9.99. The third kappa shape index (κ3) is 6.29. The quantitative estimate of drug-likeness (QED) is 0.499. The highest BCUT2D eigenvalue weighted by molar-refractivity contribution is 6.39. The predicted octanol–water partition coefficient (Wildman–Crippen LogP) is 0.417. The molecule has 0 spiro atoms. The Morgan fingerprint density at radius 2 is 1.97 bits per heavy atom. The summed E-state index contributed by atoms with van der Waals surface area (Å²) in [5.74, 6) is -3.17. The summed E-state index contributed by atoms with van der Waals surface area (Å²) in [4.78, 5) is 48.7. The number of ether oxygens (including phenoxy) is 1. The Labute approximate surface area is 170 Å². The van der Waals surface area contributed by atoms with Crippen molar-refractivity contribution in [3.63, 3.8) is 0 Å². The Kier molecular flexibility index (Phi) is 7.74. The van der Waals surface area contributed by atoms with Crippen LogP contribution in [0, 0.1) is 5.82 Å². The van der Waals surface area contributed by atoms with Crippen LogP contribution < -0.4 is 16.0 Å². The van der Waals surface area contributed by atoms with Crippen molar-refractivity contribution in [3.8, 4) is 0 Å². The number of rotatable bonds is 5. The first-order valence-corrected chi connectivity index (χ1v) is 8.92. The van der Waals surface area contributed by atoms with E-state index in [-0.39, 0.29) is 42.7 Å². The van der Waals surface area contributed by atoms with Crippen LogP contribution in [0.25, 0.3) is 0 Å². The van der Waals surface area contributed by atoms with Crippen molar-refractivity contribution in [1.82, 2.24) is 15.5 Å². The van der Waals surface area contributed by atoms with Gasteiger partial charge in [0.1, 0.15) is 12.4 Å². The smallest absolute Gasteiger partial charge is 0.405 e. The molecule has 1 aliphatic heterocycles. The van der Waals surface area contributed by atoms with Crippen LogP contribution in [0.5, 0.6) is 0 Å². The van der Waals surface area contributed by atoms with E-state index in [1.165, 1.54) is 24.1 Å². The minimum atomic E-state index is -1.34. The Balaban J connectivity index is 2.00. The Morgan fingerprint density at radius 3 is 2.59 bits per heavy atom. The molecule has 1 saturated heterocycles. The van der Waals surface area contributed by atoms with E-state index in [0.717, 1.165) is 6.07 Å². The van der Waals surface area contributed by atoms with Crippen LogP contribution in [0.3, 0.4) is 0 Å². The molecule has 1 aromatic carbocycles. The van der Waals surface area contributed by atoms with E-state index in [0.29, 0.717) is 0 Å². The number of hydrogen-bond acceptors (Lipinski definition) is 5. The summed E-state index contributed by atoms with van der Waals surface area (Å²) in [5.41, 5.74) is 0.0345. The van der Waals surface area contributed by atoms with Gasteiger partial charge in [-0.15, -0.1) is 0 Å². The summed E-state index contributed by atoms with van der Waals surface area (Å²) in [7, 11) is 1.36. The third-order valence-electron chi connectivity index (χ3n) is 4.24. The van der Waals surface area contributed by atoms with E-state index in [1.807, 2.05) is 0 Å². The minimum absolute atomic E-state index is 0.00343. The number of methoxy groups -OCH3 is 1. The molecule has 0 radical (unpaired) electrons. The number of carbonyl (C=O) groups excluding carboxylic acids is 3. The highest BCUT2D eigenvalue weighted by Gasteiger charge is 2.34. The van der Waals surface area contributed by atoms with Gasteiger partial charge in [-0.05, 0) is 24.6 Å². The van der Waals surface area contributed by atoms with E-state index in [2.05, 4.69) is 16.0 Å². The summed E-state index contributed by atoms with van der Waals surface area (Å²) in [6.45, 7) is 0.0925. The molecule has 0 unspecified atom stereocenters. The zero-order chi connectivity index (χ0) is 21.6. The van der Waals surface area contributed by atoms with Crippen LogP contribution in [-0.2, 0) is 19.1 Å². The first kappa shape index (κ1) is 22.4. The summed E-state index contributed by atoms with van der Waals surface area (Å²) in [6, 6.07) is 1.96. The molecule has 10 nitrogen and oxygen atoms in total. The number of likely N-dealkylation sites (tertiary alicyclic amines) is 1. The average molecular weight is 431 g/mol. The number of amides is 4. The number of carbonyl (C=O) groups is 4. The van der Waals surface area contributed by atoms with Gasteiger partial charge in [0.15, 0.2) is 0 Å². The van der Waals surface area contributed by atoms with E-state index in [4.69, 9.17) is 21.4 Å². The summed E-state index contributed by atoms with van der Waals surface area (Å²) in [5, 5.41) is 15.8. The molecule has 2 atom stereocenters. The highest BCUT2D eigenvalue weighted by Crippen LogP contribution is 2.18. The molecule has 29 heavy (non-hydrogen) atoms. The fourth-order valence-electron chi connectivity index (χ4n) is 2.87. The van der Waals surface area contributed by atoms with Crippen LogP contribution in [0.15, 0.2) is 18.2 Å². The van der Waals surface area contributed by atoms with Gasteiger partial charge in [0, 0.05) is 25.9 Å². The standard InChI is InChI=1S/C17H20ClFN4O6/c1-29-8-14(24)23-5-4-12(13(7-23)22-17(27)28)21-16(26)15(25)20-9-2-3-10(18)11(19)6-9/h2-3,6,12-13,22H,4-5,7-8H2,1H3,(H,20,25)(H,21,26)(H,27,28)/t12-,13+/m0/s1. The fourth-order valence-corrected chi connectivity index (χ4v) is 2.98. The largest absolute Gasteiger partial charge is 0.465 e. The molecule has 1 fully saturated rings. The second kappa shape index (κ2) is 10.0. The van der Waals surface area contributed by atoms with Gasteiger partial charge in [0.2, 0.25) is 5.91 Å². The number of nitrogens with one attached hydrogen (secondary N) is 3. The van der Waals surface area contributed by atoms with Crippen LogP contribution >= 0.6 is 11.6 Å². The van der Waals surface area contributed by atoms with Gasteiger partial charge in [-0.1, -0.05) is 11.6 Å². The summed E-state index contributed by atoms with van der Waals surface area (Å²) >= 11 is 5.56. The lowest BCUT2D eigenvalue weighted by molar-refractivity contribution is -0.138. The molecule has 4 N–H and O–H groups in total. The lowest BCUT2D eigenvalue weighted by Crippen LogP contribution is -2.62. The maximum absolute atomic E-state index is 13.4. The topological polar surface area (TPSA) is 137 Å². The van der Waals surface area contributed by atoms with Gasteiger partial charge in [-0.3, -0.25) is 14.4 Å². The molecule has 2 rings (SSSR count). The van der Waals surface area contributed by atoms with E-state index >= 15 is 0 Å². The van der Waals surface area contributed by atoms with E-state index in [1.54, 1.807) is 0 Å². The fraction of sp³-hybridized carbons (Fsp3) is 0.412. The van der Waals surface area contributed by atoms with Crippen LogP contribution in [-0.4, -0.2) is 72.7 Å². The first-order chi connectivity index (χ1) is 13.7. The maximum atomic E-state index is 13.4. The SMILES string of the molecule is COCC(=O)N1CC[C@H](NC(=O)C(=O)Nc2ccc(Cl)c(F)c2)[C@H](NC(=O)O)C1. The molecule has 158 valence electrons. The number of halogens is 2. The Hall–Kier alpha value is -2.92. The van der Waals surface area contributed by atoms with Crippen LogP contribution in [0.1, 0.15) is 6.42 Å². The predicted molar refractivity (Wildman–Crippen MR) is 100.0 cm³/mol. The van der Waals surface area contributed by atoms with Gasteiger partial charge in [-0.2, -0.15) is 0 Å². The van der Waals surface area contributed by atoms with Crippen molar-refractivity contribution in [2.75, 3.05) is 32.1 Å². The zero-order valence-corrected chi connectivity index (χ0v) is 16.2. The summed E-state index contributed by atoms with van der Waals surface area (Å²) < 4.78 is 18.2. The normalized spacial score (nSPS) is 18.7. The van der Waals surface area contributed by atoms with Gasteiger partial charge in [0.25, 0.3) is 0 Å². The number of anilines is 1. The monoisotopic (exact) mass is 430 g/mol. The average Bonchev–Trinajstić information content (AvgIpc) is 2.65. The van der Waals surface area contributed by atoms with Crippen molar-refractivity contribution in [2.45, 2.75) is 18.5 Å². The molecule has 0 aliphatic carbocycles. The van der Waals surface area contributed by atoms with Crippen molar-refractivity contribution in [3.05, 3.63) is 29.0 Å². The molecule has 12 heteroatoms. The van der Waals surface area contributed by atoms with Crippen LogP contribution in [0.2, 0.25) is 5.02 Å². The van der Waals surface area contributed by atoms with Crippen molar-refractivity contribution < 1.29 is 33.4 Å². The second-order valence-electron chi connectivity index (χ2n) is 6.28. The molecule has 1 heterocycles. The maximum Gasteiger partial charge on any atom is 0.405 e. The second-order valence-corrected chi connectivity index (χ2v) is 6.69. The third-order valence-corrected chi connectivity index (χ3v) is 4.55. The van der Waals surface area contributed by atoms with Crippen molar-refractivity contribution >= 4 is 41.1 Å². The van der Waals surface area contributed by atoms with E-state index < -0.39 is 35.8 Å². The lowest BCUT2D eigenvalue weighted by Gasteiger charge is -2.38. The molecular weight excluding hydrogens is 411 g/mol. The number of hydrogen-bond donors (Lipinski definition) is 4. The van der Waals surface area contributed by atoms with Crippen molar-refractivity contribution in [1.29, 1.82) is 0 Å². The Morgan fingerprint density at radius 1 is 1.24 bits per heavy atom. The number of piperidine rings is 1. The highest BCUT2D eigenvalue weighted by atomic mass is 35.5. The van der Waals surface area contributed by atoms with Gasteiger partial charge >= 0.3 is 17.9 Å². The summed E-state index contributed by atoms with van der Waals surface area (Å²) in [6.07, 6.45) is -1.12. The van der Waals surface area contributed by atoms with E-state index in [9.17, 15) is 23.6 Å². The van der Waals surface area contributed by atoms with Gasteiger partial charge < -0.3 is 30.7 Å². The number of benzene rings is 1. The molecule has 0 saturated carbocycles. The molecule has 0 bridgehead atoms. The number of nitrogens with zero attached hydrogens (tertiary/aromatic N) is 1. The molecule has 1 aromatic rings. The number of carboxylic acid groups (broad SMARTS) is 1. The molecule has 4 amide bonds. The Bertz CT molecular complexity index is 808. The minimum Gasteiger partial charge on any atom is -0.465 e. The molecular formula is C17H20ClFN4O6. The molecule has 0 aromatic heterocycles. The van der Waals surface area contributed by atoms with Crippen molar-refractivity contribution in [2.24, 2.45) is 0 Å².